The van der Waals surface area contributed by atoms with Crippen molar-refractivity contribution in [3.05, 3.63) is 36.0 Å². The van der Waals surface area contributed by atoms with Crippen LogP contribution in [-0.2, 0) is 9.53 Å². The Hall–Kier alpha value is -2.54. The number of carbonyl (C=O) groups is 2. The van der Waals surface area contributed by atoms with Crippen LogP contribution < -0.4 is 10.6 Å². The van der Waals surface area contributed by atoms with Gasteiger partial charge in [0, 0.05) is 28.7 Å². The van der Waals surface area contributed by atoms with E-state index in [9.17, 15) is 14.7 Å². The summed E-state index contributed by atoms with van der Waals surface area (Å²) in [5.74, 6) is -0.465. The molecule has 152 valence electrons. The topological polar surface area (TPSA) is 103 Å². The van der Waals surface area contributed by atoms with Crippen molar-refractivity contribution in [3.63, 3.8) is 0 Å². The van der Waals surface area contributed by atoms with E-state index in [0.29, 0.717) is 5.56 Å². The Kier molecular flexibility index (Phi) is 5.93. The van der Waals surface area contributed by atoms with Gasteiger partial charge in [-0.2, -0.15) is 0 Å². The number of hydrogen-bond donors (Lipinski definition) is 4. The minimum Gasteiger partial charge on any atom is -0.444 e. The summed E-state index contributed by atoms with van der Waals surface area (Å²) in [5, 5.41) is 17.2. The van der Waals surface area contributed by atoms with E-state index < -0.39 is 23.7 Å². The molecule has 1 aliphatic rings. The van der Waals surface area contributed by atoms with Crippen molar-refractivity contribution in [3.8, 4) is 0 Å². The maximum absolute atomic E-state index is 12.7. The van der Waals surface area contributed by atoms with Crippen molar-refractivity contribution < 1.29 is 19.4 Å². The molecule has 1 aromatic heterocycles. The minimum atomic E-state index is -1.28. The Bertz CT molecular complexity index is 840. The molecule has 1 saturated carbocycles. The molecule has 4 N–H and O–H groups in total. The predicted molar refractivity (Wildman–Crippen MR) is 107 cm³/mol. The molecule has 3 atom stereocenters. The van der Waals surface area contributed by atoms with Crippen LogP contribution in [0, 0.1) is 0 Å². The van der Waals surface area contributed by atoms with Crippen LogP contribution in [-0.4, -0.2) is 39.8 Å². The molecule has 7 nitrogen and oxygen atoms in total. The summed E-state index contributed by atoms with van der Waals surface area (Å²) in [6.45, 7) is 5.43. The quantitative estimate of drug-likeness (QED) is 0.647. The van der Waals surface area contributed by atoms with Crippen molar-refractivity contribution in [1.82, 2.24) is 15.6 Å². The monoisotopic (exact) mass is 387 g/mol. The van der Waals surface area contributed by atoms with Gasteiger partial charge in [0.2, 0.25) is 0 Å². The third-order valence-electron chi connectivity index (χ3n) is 4.96. The number of amides is 2. The van der Waals surface area contributed by atoms with E-state index in [1.165, 1.54) is 0 Å². The Labute approximate surface area is 164 Å². The number of alkyl carbamates (subject to hydrolysis) is 1. The SMILES string of the molecule is CC(C)(C)OC(=O)N[C@@H]1CCCC[C@H]1NC(=O)C(O)c1c[nH]c2ccccc12. The summed E-state index contributed by atoms with van der Waals surface area (Å²) in [6, 6.07) is 7.06. The van der Waals surface area contributed by atoms with Gasteiger partial charge in [0.25, 0.3) is 5.91 Å². The standard InChI is InChI=1S/C21H29N3O4/c1-21(2,3)28-20(27)24-17-11-7-6-10-16(17)23-19(26)18(25)14-12-22-15-9-5-4-8-13(14)15/h4-5,8-9,12,16-18,22,25H,6-7,10-11H2,1-3H3,(H,23,26)(H,24,27)/t16-,17-,18?/m1/s1. The molecule has 1 unspecified atom stereocenters. The number of hydrogen-bond acceptors (Lipinski definition) is 4. The molecule has 0 radical (unpaired) electrons. The Morgan fingerprint density at radius 2 is 1.79 bits per heavy atom. The first-order valence-corrected chi connectivity index (χ1v) is 9.78. The van der Waals surface area contributed by atoms with Gasteiger partial charge < -0.3 is 25.5 Å². The summed E-state index contributed by atoms with van der Waals surface area (Å²) in [7, 11) is 0. The summed E-state index contributed by atoms with van der Waals surface area (Å²) in [6.07, 6.45) is 3.32. The normalized spacial score (nSPS) is 21.1. The van der Waals surface area contributed by atoms with Crippen LogP contribution in [0.1, 0.15) is 58.1 Å². The Morgan fingerprint density at radius 3 is 2.46 bits per heavy atom. The van der Waals surface area contributed by atoms with Gasteiger partial charge in [-0.15, -0.1) is 0 Å². The van der Waals surface area contributed by atoms with Gasteiger partial charge >= 0.3 is 6.09 Å². The highest BCUT2D eigenvalue weighted by Gasteiger charge is 2.31. The van der Waals surface area contributed by atoms with Crippen LogP contribution in [0.2, 0.25) is 0 Å². The molecule has 0 spiro atoms. The van der Waals surface area contributed by atoms with E-state index in [-0.39, 0.29) is 12.1 Å². The zero-order valence-electron chi connectivity index (χ0n) is 16.6. The van der Waals surface area contributed by atoms with E-state index in [2.05, 4.69) is 15.6 Å². The van der Waals surface area contributed by atoms with Gasteiger partial charge in [-0.25, -0.2) is 4.79 Å². The molecule has 1 fully saturated rings. The number of fused-ring (bicyclic) bond motifs is 1. The lowest BCUT2D eigenvalue weighted by Crippen LogP contribution is -2.54. The zero-order valence-corrected chi connectivity index (χ0v) is 16.6. The lowest BCUT2D eigenvalue weighted by atomic mass is 9.90. The van der Waals surface area contributed by atoms with Gasteiger partial charge in [0.15, 0.2) is 6.10 Å². The van der Waals surface area contributed by atoms with E-state index in [4.69, 9.17) is 4.74 Å². The number of aromatic amines is 1. The van der Waals surface area contributed by atoms with E-state index in [0.717, 1.165) is 36.6 Å². The van der Waals surface area contributed by atoms with Crippen molar-refractivity contribution >= 4 is 22.9 Å². The number of nitrogens with one attached hydrogen (secondary N) is 3. The smallest absolute Gasteiger partial charge is 0.407 e. The van der Waals surface area contributed by atoms with Gasteiger partial charge in [-0.1, -0.05) is 31.0 Å². The second-order valence-corrected chi connectivity index (χ2v) is 8.34. The lowest BCUT2D eigenvalue weighted by Gasteiger charge is -2.33. The molecule has 0 saturated heterocycles. The second kappa shape index (κ2) is 8.22. The number of aromatic nitrogens is 1. The molecule has 0 bridgehead atoms. The number of para-hydroxylation sites is 1. The third-order valence-corrected chi connectivity index (χ3v) is 4.96. The molecule has 1 aromatic carbocycles. The number of carbonyl (C=O) groups excluding carboxylic acids is 2. The van der Waals surface area contributed by atoms with Crippen molar-refractivity contribution in [2.45, 2.75) is 70.2 Å². The molecule has 3 rings (SSSR count). The number of benzene rings is 1. The highest BCUT2D eigenvalue weighted by atomic mass is 16.6. The van der Waals surface area contributed by atoms with E-state index >= 15 is 0 Å². The lowest BCUT2D eigenvalue weighted by molar-refractivity contribution is -0.130. The summed E-state index contributed by atoms with van der Waals surface area (Å²) in [4.78, 5) is 27.9. The first-order chi connectivity index (χ1) is 13.2. The number of aliphatic hydroxyl groups excluding tert-OH is 1. The second-order valence-electron chi connectivity index (χ2n) is 8.34. The van der Waals surface area contributed by atoms with Crippen LogP contribution in [0.15, 0.2) is 30.5 Å². The molecule has 1 heterocycles. The molecule has 1 aliphatic carbocycles. The predicted octanol–water partition coefficient (Wildman–Crippen LogP) is 3.15. The number of H-pyrrole nitrogens is 1. The molecule has 2 amide bonds. The zero-order chi connectivity index (χ0) is 20.3. The van der Waals surface area contributed by atoms with E-state index in [1.54, 1.807) is 6.20 Å². The third kappa shape index (κ3) is 4.84. The van der Waals surface area contributed by atoms with Gasteiger partial charge in [-0.3, -0.25) is 4.79 Å². The van der Waals surface area contributed by atoms with Crippen molar-refractivity contribution in [1.29, 1.82) is 0 Å². The summed E-state index contributed by atoms with van der Waals surface area (Å²) < 4.78 is 5.33. The maximum atomic E-state index is 12.7. The highest BCUT2D eigenvalue weighted by molar-refractivity contribution is 5.91. The molecule has 0 aliphatic heterocycles. The number of aliphatic hydroxyl groups is 1. The highest BCUT2D eigenvalue weighted by Crippen LogP contribution is 2.25. The van der Waals surface area contributed by atoms with Gasteiger partial charge in [0.05, 0.1) is 6.04 Å². The fourth-order valence-electron chi connectivity index (χ4n) is 3.66. The van der Waals surface area contributed by atoms with Gasteiger partial charge in [0.1, 0.15) is 5.60 Å². The van der Waals surface area contributed by atoms with Crippen LogP contribution >= 0.6 is 0 Å². The Morgan fingerprint density at radius 1 is 1.14 bits per heavy atom. The largest absolute Gasteiger partial charge is 0.444 e. The van der Waals surface area contributed by atoms with E-state index in [1.807, 2.05) is 45.0 Å². The fourth-order valence-corrected chi connectivity index (χ4v) is 3.66. The average Bonchev–Trinajstić information content (AvgIpc) is 3.05. The molecular formula is C21H29N3O4. The van der Waals surface area contributed by atoms with Crippen LogP contribution in [0.3, 0.4) is 0 Å². The molecule has 2 aromatic rings. The van der Waals surface area contributed by atoms with Crippen LogP contribution in [0.4, 0.5) is 4.79 Å². The molecular weight excluding hydrogens is 358 g/mol. The first-order valence-electron chi connectivity index (χ1n) is 9.78. The molecule has 7 heteroatoms. The van der Waals surface area contributed by atoms with Crippen LogP contribution in [0.5, 0.6) is 0 Å². The minimum absolute atomic E-state index is 0.220. The number of ether oxygens (including phenoxy) is 1. The van der Waals surface area contributed by atoms with Crippen LogP contribution in [0.25, 0.3) is 10.9 Å². The molecule has 28 heavy (non-hydrogen) atoms. The number of rotatable bonds is 4. The van der Waals surface area contributed by atoms with Gasteiger partial charge in [-0.05, 0) is 39.7 Å². The fraction of sp³-hybridized carbons (Fsp3) is 0.524. The Balaban J connectivity index is 1.66. The summed E-state index contributed by atoms with van der Waals surface area (Å²) >= 11 is 0. The maximum Gasteiger partial charge on any atom is 0.407 e. The summed E-state index contributed by atoms with van der Waals surface area (Å²) in [5.41, 5.74) is 0.829. The first kappa shape index (κ1) is 20.2. The van der Waals surface area contributed by atoms with Crippen molar-refractivity contribution in [2.24, 2.45) is 0 Å². The van der Waals surface area contributed by atoms with Crippen molar-refractivity contribution in [2.75, 3.05) is 0 Å². The average molecular weight is 387 g/mol.